The molecule has 2 rings (SSSR count). The fourth-order valence-corrected chi connectivity index (χ4v) is 2.85. The summed E-state index contributed by atoms with van der Waals surface area (Å²) in [7, 11) is -0.728. The van der Waals surface area contributed by atoms with Gasteiger partial charge in [-0.25, -0.2) is 0 Å². The molecule has 2 heterocycles. The van der Waals surface area contributed by atoms with Gasteiger partial charge in [0.05, 0.1) is 13.2 Å². The Balaban J connectivity index is 1.86. The number of nitrogens with one attached hydrogen (secondary N) is 1. The first-order valence-corrected chi connectivity index (χ1v) is 6.71. The summed E-state index contributed by atoms with van der Waals surface area (Å²) in [5.74, 6) is 1.31. The average Bonchev–Trinajstić information content (AvgIpc) is 2.30. The largest absolute Gasteiger partial charge is 0.378 e. The Hall–Kier alpha value is -0.460. The molecule has 0 saturated carbocycles. The van der Waals surface area contributed by atoms with Crippen molar-refractivity contribution < 1.29 is 13.7 Å². The average molecular weight is 232 g/mol. The van der Waals surface area contributed by atoms with Crippen LogP contribution in [0.5, 0.6) is 0 Å². The SMILES string of the molecule is O=C(C1COCCN1)N1CCS(=O)CC1. The van der Waals surface area contributed by atoms with E-state index < -0.39 is 10.8 Å². The van der Waals surface area contributed by atoms with Crippen molar-refractivity contribution in [2.24, 2.45) is 0 Å². The molecule has 2 fully saturated rings. The minimum absolute atomic E-state index is 0.0893. The molecule has 0 aromatic heterocycles. The highest BCUT2D eigenvalue weighted by molar-refractivity contribution is 7.85. The lowest BCUT2D eigenvalue weighted by atomic mass is 10.2. The van der Waals surface area contributed by atoms with Crippen LogP contribution < -0.4 is 5.32 Å². The molecule has 0 aromatic carbocycles. The van der Waals surface area contributed by atoms with Crippen molar-refractivity contribution in [1.29, 1.82) is 0 Å². The van der Waals surface area contributed by atoms with Gasteiger partial charge >= 0.3 is 0 Å². The van der Waals surface area contributed by atoms with E-state index in [9.17, 15) is 9.00 Å². The number of carbonyl (C=O) groups is 1. The van der Waals surface area contributed by atoms with Crippen LogP contribution in [0.4, 0.5) is 0 Å². The summed E-state index contributed by atoms with van der Waals surface area (Å²) in [6.07, 6.45) is 0. The summed E-state index contributed by atoms with van der Waals surface area (Å²) >= 11 is 0. The normalized spacial score (nSPS) is 29.1. The Kier molecular flexibility index (Phi) is 3.71. The summed E-state index contributed by atoms with van der Waals surface area (Å²) < 4.78 is 16.4. The lowest BCUT2D eigenvalue weighted by Crippen LogP contribution is -2.55. The number of hydrogen-bond acceptors (Lipinski definition) is 4. The van der Waals surface area contributed by atoms with Crippen molar-refractivity contribution in [2.75, 3.05) is 44.4 Å². The molecule has 15 heavy (non-hydrogen) atoms. The van der Waals surface area contributed by atoms with Gasteiger partial charge in [-0.05, 0) is 0 Å². The van der Waals surface area contributed by atoms with Crippen LogP contribution >= 0.6 is 0 Å². The van der Waals surface area contributed by atoms with Crippen LogP contribution in [0.1, 0.15) is 0 Å². The Labute approximate surface area is 91.6 Å². The first kappa shape index (κ1) is 11.0. The van der Waals surface area contributed by atoms with E-state index >= 15 is 0 Å². The first-order valence-electron chi connectivity index (χ1n) is 5.22. The van der Waals surface area contributed by atoms with Crippen molar-refractivity contribution in [3.63, 3.8) is 0 Å². The summed E-state index contributed by atoms with van der Waals surface area (Å²) in [5.41, 5.74) is 0. The molecule has 1 N–H and O–H groups in total. The third-order valence-electron chi connectivity index (χ3n) is 2.71. The van der Waals surface area contributed by atoms with E-state index in [-0.39, 0.29) is 11.9 Å². The molecule has 1 unspecified atom stereocenters. The number of hydrogen-bond donors (Lipinski definition) is 1. The number of carbonyl (C=O) groups excluding carboxylic acids is 1. The Morgan fingerprint density at radius 2 is 2.13 bits per heavy atom. The molecule has 2 aliphatic heterocycles. The predicted octanol–water partition coefficient (Wildman–Crippen LogP) is -1.43. The van der Waals surface area contributed by atoms with E-state index in [0.717, 1.165) is 6.54 Å². The molecule has 1 atom stereocenters. The quantitative estimate of drug-likeness (QED) is 0.602. The Morgan fingerprint density at radius 3 is 2.73 bits per heavy atom. The lowest BCUT2D eigenvalue weighted by Gasteiger charge is -2.32. The monoisotopic (exact) mass is 232 g/mol. The first-order chi connectivity index (χ1) is 7.27. The maximum absolute atomic E-state index is 11.9. The van der Waals surface area contributed by atoms with Crippen LogP contribution in [0.15, 0.2) is 0 Å². The molecule has 1 amide bonds. The molecular weight excluding hydrogens is 216 g/mol. The highest BCUT2D eigenvalue weighted by Crippen LogP contribution is 2.05. The van der Waals surface area contributed by atoms with Crippen LogP contribution in [0, 0.1) is 0 Å². The highest BCUT2D eigenvalue weighted by Gasteiger charge is 2.28. The fourth-order valence-electron chi connectivity index (χ4n) is 1.80. The number of nitrogens with zero attached hydrogens (tertiary/aromatic N) is 1. The molecule has 0 bridgehead atoms. The summed E-state index contributed by atoms with van der Waals surface area (Å²) in [4.78, 5) is 13.7. The van der Waals surface area contributed by atoms with E-state index in [0.29, 0.717) is 37.8 Å². The zero-order valence-corrected chi connectivity index (χ0v) is 9.42. The molecule has 0 aliphatic carbocycles. The molecule has 2 aliphatic rings. The van der Waals surface area contributed by atoms with Gasteiger partial charge < -0.3 is 15.0 Å². The molecule has 0 spiro atoms. The van der Waals surface area contributed by atoms with Crippen LogP contribution in [0.25, 0.3) is 0 Å². The maximum Gasteiger partial charge on any atom is 0.242 e. The second-order valence-electron chi connectivity index (χ2n) is 3.75. The predicted molar refractivity (Wildman–Crippen MR) is 57.1 cm³/mol. The Bertz CT molecular complexity index is 256. The molecule has 5 nitrogen and oxygen atoms in total. The van der Waals surface area contributed by atoms with Gasteiger partial charge in [0, 0.05) is 41.9 Å². The van der Waals surface area contributed by atoms with Crippen LogP contribution in [-0.2, 0) is 20.3 Å². The van der Waals surface area contributed by atoms with Crippen molar-refractivity contribution in [1.82, 2.24) is 10.2 Å². The van der Waals surface area contributed by atoms with Gasteiger partial charge in [-0.1, -0.05) is 0 Å². The van der Waals surface area contributed by atoms with E-state index in [1.54, 1.807) is 4.90 Å². The van der Waals surface area contributed by atoms with Crippen molar-refractivity contribution in [3.8, 4) is 0 Å². The highest BCUT2D eigenvalue weighted by atomic mass is 32.2. The van der Waals surface area contributed by atoms with Crippen LogP contribution in [0.3, 0.4) is 0 Å². The summed E-state index contributed by atoms with van der Waals surface area (Å²) in [6.45, 7) is 3.09. The number of morpholine rings is 1. The molecular formula is C9H16N2O3S. The third kappa shape index (κ3) is 2.76. The van der Waals surface area contributed by atoms with E-state index in [1.165, 1.54) is 0 Å². The van der Waals surface area contributed by atoms with Gasteiger partial charge in [0.25, 0.3) is 0 Å². The Morgan fingerprint density at radius 1 is 1.40 bits per heavy atom. The van der Waals surface area contributed by atoms with Gasteiger partial charge in [0.15, 0.2) is 0 Å². The van der Waals surface area contributed by atoms with E-state index in [2.05, 4.69) is 5.32 Å². The topological polar surface area (TPSA) is 58.6 Å². The van der Waals surface area contributed by atoms with Crippen molar-refractivity contribution in [2.45, 2.75) is 6.04 Å². The molecule has 86 valence electrons. The summed E-state index contributed by atoms with van der Waals surface area (Å²) in [5, 5.41) is 3.14. The van der Waals surface area contributed by atoms with Gasteiger partial charge in [-0.15, -0.1) is 0 Å². The van der Waals surface area contributed by atoms with Gasteiger partial charge in [0.1, 0.15) is 6.04 Å². The zero-order valence-electron chi connectivity index (χ0n) is 8.61. The van der Waals surface area contributed by atoms with Gasteiger partial charge in [0.2, 0.25) is 5.91 Å². The van der Waals surface area contributed by atoms with Crippen LogP contribution in [0.2, 0.25) is 0 Å². The number of amides is 1. The smallest absolute Gasteiger partial charge is 0.242 e. The molecule has 2 saturated heterocycles. The fraction of sp³-hybridized carbons (Fsp3) is 0.889. The van der Waals surface area contributed by atoms with Crippen molar-refractivity contribution >= 4 is 16.7 Å². The maximum atomic E-state index is 11.9. The second kappa shape index (κ2) is 5.05. The third-order valence-corrected chi connectivity index (χ3v) is 3.99. The second-order valence-corrected chi connectivity index (χ2v) is 5.45. The van der Waals surface area contributed by atoms with E-state index in [4.69, 9.17) is 4.74 Å². The molecule has 0 aromatic rings. The lowest BCUT2D eigenvalue weighted by molar-refractivity contribution is -0.136. The minimum atomic E-state index is -0.728. The van der Waals surface area contributed by atoms with Gasteiger partial charge in [-0.2, -0.15) is 0 Å². The minimum Gasteiger partial charge on any atom is -0.378 e. The van der Waals surface area contributed by atoms with E-state index in [1.807, 2.05) is 0 Å². The summed E-state index contributed by atoms with van der Waals surface area (Å²) in [6, 6.07) is -0.203. The number of ether oxygens (including phenoxy) is 1. The standard InChI is InChI=1S/C9H16N2O3S/c12-9(8-7-14-4-1-10-8)11-2-5-15(13)6-3-11/h8,10H,1-7H2. The zero-order chi connectivity index (χ0) is 10.7. The molecule has 6 heteroatoms. The molecule has 0 radical (unpaired) electrons. The van der Waals surface area contributed by atoms with Gasteiger partial charge in [-0.3, -0.25) is 9.00 Å². The van der Waals surface area contributed by atoms with Crippen molar-refractivity contribution in [3.05, 3.63) is 0 Å². The van der Waals surface area contributed by atoms with Crippen LogP contribution in [-0.4, -0.2) is 65.4 Å². The number of rotatable bonds is 1.